The molecular formula is C18H16N2S2. The lowest BCUT2D eigenvalue weighted by atomic mass is 10.3. The van der Waals surface area contributed by atoms with E-state index in [2.05, 4.69) is 23.7 Å². The minimum absolute atomic E-state index is 0.726. The molecule has 0 saturated heterocycles. The fourth-order valence-corrected chi connectivity index (χ4v) is 2.81. The molecule has 0 heterocycles. The van der Waals surface area contributed by atoms with Gasteiger partial charge in [0.1, 0.15) is 0 Å². The molecule has 22 heavy (non-hydrogen) atoms. The highest BCUT2D eigenvalue weighted by molar-refractivity contribution is 7.99. The van der Waals surface area contributed by atoms with Gasteiger partial charge >= 0.3 is 0 Å². The van der Waals surface area contributed by atoms with Crippen molar-refractivity contribution in [2.75, 3.05) is 23.0 Å². The first-order chi connectivity index (χ1) is 10.7. The predicted octanol–water partition coefficient (Wildman–Crippen LogP) is 3.74. The SMILES string of the molecule is Nc1ccc(SCC#CC#CCSc2ccc(N)cc2)cc1. The summed E-state index contributed by atoms with van der Waals surface area (Å²) in [4.78, 5) is 2.32. The molecule has 110 valence electrons. The Morgan fingerprint density at radius 3 is 1.36 bits per heavy atom. The average Bonchev–Trinajstić information content (AvgIpc) is 2.53. The van der Waals surface area contributed by atoms with Crippen LogP contribution in [-0.4, -0.2) is 11.5 Å². The molecule has 0 aliphatic carbocycles. The summed E-state index contributed by atoms with van der Waals surface area (Å²) in [6, 6.07) is 15.6. The fraction of sp³-hybridized carbons (Fsp3) is 0.111. The van der Waals surface area contributed by atoms with E-state index in [4.69, 9.17) is 11.5 Å². The molecular weight excluding hydrogens is 308 g/mol. The minimum Gasteiger partial charge on any atom is -0.399 e. The summed E-state index contributed by atoms with van der Waals surface area (Å²) in [5.74, 6) is 13.3. The van der Waals surface area contributed by atoms with Gasteiger partial charge in [0.2, 0.25) is 0 Å². The smallest absolute Gasteiger partial charge is 0.0604 e. The topological polar surface area (TPSA) is 52.0 Å². The normalized spacial score (nSPS) is 9.27. The third kappa shape index (κ3) is 6.10. The number of nitrogens with two attached hydrogens (primary N) is 2. The number of thioether (sulfide) groups is 2. The van der Waals surface area contributed by atoms with Crippen molar-refractivity contribution in [2.24, 2.45) is 0 Å². The highest BCUT2D eigenvalue weighted by Gasteiger charge is 1.91. The van der Waals surface area contributed by atoms with Gasteiger partial charge in [-0.2, -0.15) is 0 Å². The monoisotopic (exact) mass is 324 g/mol. The van der Waals surface area contributed by atoms with Crippen molar-refractivity contribution in [1.82, 2.24) is 0 Å². The van der Waals surface area contributed by atoms with Crippen molar-refractivity contribution in [3.8, 4) is 23.7 Å². The molecule has 4 heteroatoms. The van der Waals surface area contributed by atoms with Crippen LogP contribution in [0.2, 0.25) is 0 Å². The number of nitrogen functional groups attached to an aromatic ring is 2. The second-order valence-corrected chi connectivity index (χ2v) is 6.42. The van der Waals surface area contributed by atoms with E-state index in [1.807, 2.05) is 48.5 Å². The van der Waals surface area contributed by atoms with E-state index in [0.717, 1.165) is 32.7 Å². The van der Waals surface area contributed by atoms with Crippen LogP contribution in [0, 0.1) is 23.7 Å². The van der Waals surface area contributed by atoms with Gasteiger partial charge in [-0.15, -0.1) is 23.5 Å². The van der Waals surface area contributed by atoms with E-state index >= 15 is 0 Å². The highest BCUT2D eigenvalue weighted by Crippen LogP contribution is 2.19. The van der Waals surface area contributed by atoms with Crippen molar-refractivity contribution in [3.05, 3.63) is 48.5 Å². The maximum Gasteiger partial charge on any atom is 0.0604 e. The average molecular weight is 324 g/mol. The molecule has 0 saturated carbocycles. The van der Waals surface area contributed by atoms with Gasteiger partial charge in [-0.05, 0) is 60.4 Å². The zero-order chi connectivity index (χ0) is 15.6. The van der Waals surface area contributed by atoms with Crippen LogP contribution in [0.5, 0.6) is 0 Å². The Bertz CT molecular complexity index is 649. The first kappa shape index (κ1) is 16.2. The van der Waals surface area contributed by atoms with Gasteiger partial charge in [0.05, 0.1) is 11.5 Å². The first-order valence-corrected chi connectivity index (χ1v) is 8.63. The van der Waals surface area contributed by atoms with E-state index in [-0.39, 0.29) is 0 Å². The van der Waals surface area contributed by atoms with Crippen molar-refractivity contribution in [3.63, 3.8) is 0 Å². The molecule has 2 nitrogen and oxygen atoms in total. The fourth-order valence-electron chi connectivity index (χ4n) is 1.53. The zero-order valence-corrected chi connectivity index (χ0v) is 13.6. The van der Waals surface area contributed by atoms with Gasteiger partial charge in [-0.3, -0.25) is 0 Å². The van der Waals surface area contributed by atoms with Gasteiger partial charge in [0.25, 0.3) is 0 Å². The maximum absolute atomic E-state index is 5.64. The number of anilines is 2. The third-order valence-electron chi connectivity index (χ3n) is 2.62. The molecule has 0 aliphatic rings. The van der Waals surface area contributed by atoms with E-state index in [1.54, 1.807) is 23.5 Å². The van der Waals surface area contributed by atoms with Crippen LogP contribution in [-0.2, 0) is 0 Å². The lowest BCUT2D eigenvalue weighted by Crippen LogP contribution is -1.83. The number of hydrogen-bond acceptors (Lipinski definition) is 4. The second kappa shape index (κ2) is 9.00. The summed E-state index contributed by atoms with van der Waals surface area (Å²) in [6.07, 6.45) is 0. The van der Waals surface area contributed by atoms with E-state index < -0.39 is 0 Å². The molecule has 0 atom stereocenters. The van der Waals surface area contributed by atoms with Gasteiger partial charge in [-0.25, -0.2) is 0 Å². The van der Waals surface area contributed by atoms with Crippen molar-refractivity contribution >= 4 is 34.9 Å². The van der Waals surface area contributed by atoms with Crippen LogP contribution in [0.3, 0.4) is 0 Å². The zero-order valence-electron chi connectivity index (χ0n) is 12.0. The molecule has 0 amide bonds. The summed E-state index contributed by atoms with van der Waals surface area (Å²) < 4.78 is 0. The van der Waals surface area contributed by atoms with Gasteiger partial charge in [0, 0.05) is 21.2 Å². The molecule has 0 fully saturated rings. The maximum atomic E-state index is 5.64. The molecule has 0 bridgehead atoms. The quantitative estimate of drug-likeness (QED) is 0.511. The van der Waals surface area contributed by atoms with Crippen molar-refractivity contribution < 1.29 is 0 Å². The summed E-state index contributed by atoms with van der Waals surface area (Å²) in [5, 5.41) is 0. The van der Waals surface area contributed by atoms with Crippen LogP contribution in [0.15, 0.2) is 58.3 Å². The van der Waals surface area contributed by atoms with E-state index in [9.17, 15) is 0 Å². The number of hydrogen-bond donors (Lipinski definition) is 2. The molecule has 0 unspecified atom stereocenters. The van der Waals surface area contributed by atoms with Crippen LogP contribution in [0.4, 0.5) is 11.4 Å². The van der Waals surface area contributed by atoms with E-state index in [1.165, 1.54) is 0 Å². The third-order valence-corrected chi connectivity index (χ3v) is 4.41. The predicted molar refractivity (Wildman–Crippen MR) is 98.7 cm³/mol. The van der Waals surface area contributed by atoms with Crippen molar-refractivity contribution in [1.29, 1.82) is 0 Å². The summed E-state index contributed by atoms with van der Waals surface area (Å²) in [7, 11) is 0. The highest BCUT2D eigenvalue weighted by atomic mass is 32.2. The van der Waals surface area contributed by atoms with Crippen LogP contribution in [0.1, 0.15) is 0 Å². The Kier molecular flexibility index (Phi) is 6.64. The van der Waals surface area contributed by atoms with E-state index in [0.29, 0.717) is 0 Å². The Labute approximate surface area is 140 Å². The molecule has 2 aromatic rings. The largest absolute Gasteiger partial charge is 0.399 e. The Morgan fingerprint density at radius 2 is 1.00 bits per heavy atom. The molecule has 0 aliphatic heterocycles. The Morgan fingerprint density at radius 1 is 0.636 bits per heavy atom. The van der Waals surface area contributed by atoms with Gasteiger partial charge in [0.15, 0.2) is 0 Å². The van der Waals surface area contributed by atoms with Gasteiger partial charge < -0.3 is 11.5 Å². The standard InChI is InChI=1S/C18H16N2S2/c19-15-5-9-17(10-6-15)21-13-3-1-2-4-14-22-18-11-7-16(20)8-12-18/h5-12H,13-14,19-20H2. The summed E-state index contributed by atoms with van der Waals surface area (Å²) in [5.41, 5.74) is 12.8. The van der Waals surface area contributed by atoms with Crippen LogP contribution >= 0.6 is 23.5 Å². The summed E-state index contributed by atoms with van der Waals surface area (Å²) in [6.45, 7) is 0. The second-order valence-electron chi connectivity index (χ2n) is 4.32. The summed E-state index contributed by atoms with van der Waals surface area (Å²) >= 11 is 3.35. The molecule has 4 N–H and O–H groups in total. The van der Waals surface area contributed by atoms with Crippen molar-refractivity contribution in [2.45, 2.75) is 9.79 Å². The molecule has 0 spiro atoms. The lowest BCUT2D eigenvalue weighted by Gasteiger charge is -1.97. The first-order valence-electron chi connectivity index (χ1n) is 6.66. The Balaban J connectivity index is 1.68. The Hall–Kier alpha value is -2.14. The molecule has 0 radical (unpaired) electrons. The van der Waals surface area contributed by atoms with Gasteiger partial charge in [-0.1, -0.05) is 11.8 Å². The minimum atomic E-state index is 0.726. The molecule has 0 aromatic heterocycles. The lowest BCUT2D eigenvalue weighted by molar-refractivity contribution is 1.46. The number of benzene rings is 2. The van der Waals surface area contributed by atoms with Crippen LogP contribution < -0.4 is 11.5 Å². The van der Waals surface area contributed by atoms with Crippen LogP contribution in [0.25, 0.3) is 0 Å². The molecule has 2 aromatic carbocycles. The number of rotatable bonds is 4. The molecule has 2 rings (SSSR count).